The van der Waals surface area contributed by atoms with Crippen molar-refractivity contribution in [3.05, 3.63) is 66.7 Å². The number of aromatic nitrogens is 4. The zero-order valence-corrected chi connectivity index (χ0v) is 17.5. The number of carbonyl (C=O) groups excluding carboxylic acids is 1. The van der Waals surface area contributed by atoms with Crippen LogP contribution in [0.1, 0.15) is 23.2 Å². The molecule has 9 nitrogen and oxygen atoms in total. The highest BCUT2D eigenvalue weighted by Gasteiger charge is 2.20. The maximum absolute atomic E-state index is 12.9. The Kier molecular flexibility index (Phi) is 8.36. The fourth-order valence-electron chi connectivity index (χ4n) is 3.65. The highest BCUT2D eigenvalue weighted by Crippen LogP contribution is 2.13. The van der Waals surface area contributed by atoms with Gasteiger partial charge in [-0.3, -0.25) is 14.3 Å². The van der Waals surface area contributed by atoms with E-state index in [-0.39, 0.29) is 12.4 Å². The van der Waals surface area contributed by atoms with Gasteiger partial charge >= 0.3 is 0 Å². The van der Waals surface area contributed by atoms with Crippen LogP contribution in [0.25, 0.3) is 5.69 Å². The molecule has 2 aromatic heterocycles. The van der Waals surface area contributed by atoms with Crippen molar-refractivity contribution in [3.8, 4) is 5.69 Å². The topological polar surface area (TPSA) is 96.5 Å². The molecule has 3 heterocycles. The number of carbonyl (C=O) groups is 2. The molecule has 0 aliphatic carbocycles. The average molecular weight is 425 g/mol. The third kappa shape index (κ3) is 6.51. The lowest BCUT2D eigenvalue weighted by Crippen LogP contribution is -2.35. The summed E-state index contributed by atoms with van der Waals surface area (Å²) in [7, 11) is 0. The van der Waals surface area contributed by atoms with Gasteiger partial charge in [0, 0.05) is 56.5 Å². The zero-order chi connectivity index (χ0) is 21.9. The van der Waals surface area contributed by atoms with Gasteiger partial charge in [0.25, 0.3) is 12.4 Å². The van der Waals surface area contributed by atoms with E-state index in [2.05, 4.69) is 15.1 Å². The van der Waals surface area contributed by atoms with Crippen molar-refractivity contribution in [2.75, 3.05) is 32.7 Å². The number of rotatable bonds is 6. The van der Waals surface area contributed by atoms with Crippen LogP contribution in [0.4, 0.5) is 0 Å². The number of benzene rings is 1. The van der Waals surface area contributed by atoms with Gasteiger partial charge in [-0.2, -0.15) is 10.2 Å². The Morgan fingerprint density at radius 2 is 1.71 bits per heavy atom. The largest absolute Gasteiger partial charge is 0.483 e. The number of amides is 1. The van der Waals surface area contributed by atoms with Gasteiger partial charge in [-0.05, 0) is 62.3 Å². The van der Waals surface area contributed by atoms with Crippen LogP contribution in [0.2, 0.25) is 0 Å². The molecular weight excluding hydrogens is 396 g/mol. The molecule has 0 unspecified atom stereocenters. The number of hydrogen-bond acceptors (Lipinski definition) is 5. The second-order valence-corrected chi connectivity index (χ2v) is 7.21. The molecular formula is C22H28N6O3. The van der Waals surface area contributed by atoms with Gasteiger partial charge < -0.3 is 14.9 Å². The van der Waals surface area contributed by atoms with Crippen LogP contribution in [0.3, 0.4) is 0 Å². The Bertz CT molecular complexity index is 909. The Hall–Kier alpha value is -3.46. The average Bonchev–Trinajstić information content (AvgIpc) is 3.46. The molecule has 1 fully saturated rings. The number of hydrogen-bond donors (Lipinski definition) is 1. The lowest BCUT2D eigenvalue weighted by molar-refractivity contribution is -0.122. The summed E-state index contributed by atoms with van der Waals surface area (Å²) in [5.41, 5.74) is 1.70. The molecule has 0 saturated carbocycles. The molecule has 3 aromatic rings. The van der Waals surface area contributed by atoms with Crippen LogP contribution in [-0.2, 0) is 11.3 Å². The summed E-state index contributed by atoms with van der Waals surface area (Å²) in [5.74, 6) is 0.116. The van der Waals surface area contributed by atoms with Crippen molar-refractivity contribution in [3.63, 3.8) is 0 Å². The van der Waals surface area contributed by atoms with E-state index in [1.165, 1.54) is 0 Å². The van der Waals surface area contributed by atoms with Crippen molar-refractivity contribution < 1.29 is 14.7 Å². The maximum atomic E-state index is 12.9. The van der Waals surface area contributed by atoms with E-state index < -0.39 is 0 Å². The molecule has 1 N–H and O–H groups in total. The summed E-state index contributed by atoms with van der Waals surface area (Å²) in [6.07, 6.45) is 9.55. The number of nitrogens with zero attached hydrogens (tertiary/aromatic N) is 6. The van der Waals surface area contributed by atoms with E-state index in [1.807, 2.05) is 64.6 Å². The van der Waals surface area contributed by atoms with Crippen LogP contribution < -0.4 is 0 Å². The molecule has 1 amide bonds. The number of aryl methyl sites for hydroxylation is 1. The highest BCUT2D eigenvalue weighted by atomic mass is 16.3. The Balaban J connectivity index is 0.000000858. The molecule has 164 valence electrons. The summed E-state index contributed by atoms with van der Waals surface area (Å²) in [6.45, 7) is 5.30. The molecule has 0 atom stereocenters. The third-order valence-corrected chi connectivity index (χ3v) is 5.18. The SMILES string of the molecule is O=C(c1ccc(-n2cccn2)cc1)N1CCCN(CCCn2cccn2)CC1.O=CO. The van der Waals surface area contributed by atoms with Gasteiger partial charge in [0.15, 0.2) is 0 Å². The molecule has 9 heteroatoms. The minimum Gasteiger partial charge on any atom is -0.483 e. The first kappa shape index (κ1) is 22.2. The predicted octanol–water partition coefficient (Wildman–Crippen LogP) is 2.01. The summed E-state index contributed by atoms with van der Waals surface area (Å²) < 4.78 is 3.77. The van der Waals surface area contributed by atoms with Gasteiger partial charge in [0.1, 0.15) is 0 Å². The monoisotopic (exact) mass is 424 g/mol. The molecule has 0 radical (unpaired) electrons. The van der Waals surface area contributed by atoms with E-state index in [0.29, 0.717) is 0 Å². The first-order valence-electron chi connectivity index (χ1n) is 10.4. The fraction of sp³-hybridized carbons (Fsp3) is 0.364. The van der Waals surface area contributed by atoms with Gasteiger partial charge in [0.05, 0.1) is 5.69 Å². The van der Waals surface area contributed by atoms with Gasteiger partial charge in [-0.25, -0.2) is 4.68 Å². The first-order chi connectivity index (χ1) is 15.2. The summed E-state index contributed by atoms with van der Waals surface area (Å²) in [5, 5.41) is 15.4. The predicted molar refractivity (Wildman–Crippen MR) is 116 cm³/mol. The maximum Gasteiger partial charge on any atom is 0.290 e. The van der Waals surface area contributed by atoms with Gasteiger partial charge in [-0.15, -0.1) is 0 Å². The lowest BCUT2D eigenvalue weighted by atomic mass is 10.1. The molecule has 1 aliphatic heterocycles. The van der Waals surface area contributed by atoms with Gasteiger partial charge in [0.2, 0.25) is 0 Å². The number of carboxylic acid groups (broad SMARTS) is 1. The standard InChI is InChI=1S/C21H26N6O.CH2O2/c28-21(19-5-7-20(8-6-19)27-16-2-10-23-27)25-13-3-11-24(17-18-25)12-4-15-26-14-1-9-22-26;2-1-3/h1-2,5-10,14,16H,3-4,11-13,15,17-18H2;1H,(H,2,3). The van der Waals surface area contributed by atoms with Crippen molar-refractivity contribution in [2.45, 2.75) is 19.4 Å². The van der Waals surface area contributed by atoms with Crippen LogP contribution in [0, 0.1) is 0 Å². The van der Waals surface area contributed by atoms with Crippen molar-refractivity contribution in [1.82, 2.24) is 29.4 Å². The highest BCUT2D eigenvalue weighted by molar-refractivity contribution is 5.94. The summed E-state index contributed by atoms with van der Waals surface area (Å²) in [4.78, 5) is 25.7. The molecule has 4 rings (SSSR count). The molecule has 0 bridgehead atoms. The van der Waals surface area contributed by atoms with Crippen LogP contribution in [0.15, 0.2) is 61.2 Å². The molecule has 0 spiro atoms. The second-order valence-electron chi connectivity index (χ2n) is 7.21. The molecule has 31 heavy (non-hydrogen) atoms. The molecule has 1 saturated heterocycles. The van der Waals surface area contributed by atoms with Crippen molar-refractivity contribution >= 4 is 12.4 Å². The fourth-order valence-corrected chi connectivity index (χ4v) is 3.65. The Morgan fingerprint density at radius 3 is 2.39 bits per heavy atom. The van der Waals surface area contributed by atoms with E-state index in [1.54, 1.807) is 10.9 Å². The normalized spacial score (nSPS) is 14.4. The first-order valence-corrected chi connectivity index (χ1v) is 10.4. The van der Waals surface area contributed by atoms with E-state index in [4.69, 9.17) is 9.90 Å². The Morgan fingerprint density at radius 1 is 0.968 bits per heavy atom. The van der Waals surface area contributed by atoms with Crippen molar-refractivity contribution in [2.24, 2.45) is 0 Å². The summed E-state index contributed by atoms with van der Waals surface area (Å²) >= 11 is 0. The van der Waals surface area contributed by atoms with Gasteiger partial charge in [-0.1, -0.05) is 0 Å². The smallest absolute Gasteiger partial charge is 0.290 e. The van der Waals surface area contributed by atoms with Crippen LogP contribution in [0.5, 0.6) is 0 Å². The Labute approximate surface area is 181 Å². The van der Waals surface area contributed by atoms with Crippen LogP contribution >= 0.6 is 0 Å². The summed E-state index contributed by atoms with van der Waals surface area (Å²) in [6, 6.07) is 11.5. The van der Waals surface area contributed by atoms with E-state index in [0.717, 1.165) is 63.4 Å². The minimum atomic E-state index is -0.250. The minimum absolute atomic E-state index is 0.116. The van der Waals surface area contributed by atoms with Crippen molar-refractivity contribution in [1.29, 1.82) is 0 Å². The molecule has 1 aliphatic rings. The van der Waals surface area contributed by atoms with E-state index in [9.17, 15) is 4.79 Å². The molecule has 1 aromatic carbocycles. The zero-order valence-electron chi connectivity index (χ0n) is 17.5. The van der Waals surface area contributed by atoms with E-state index >= 15 is 0 Å². The van der Waals surface area contributed by atoms with Crippen LogP contribution in [-0.4, -0.2) is 79.6 Å². The third-order valence-electron chi connectivity index (χ3n) is 5.18. The second kappa shape index (κ2) is 11.7. The quantitative estimate of drug-likeness (QED) is 0.608. The lowest BCUT2D eigenvalue weighted by Gasteiger charge is -2.22.